The summed E-state index contributed by atoms with van der Waals surface area (Å²) in [5.74, 6) is -1.61. The smallest absolute Gasteiger partial charge is 0.341 e. The number of H-pyrrole nitrogens is 1. The Morgan fingerprint density at radius 2 is 1.67 bits per heavy atom. The van der Waals surface area contributed by atoms with E-state index in [9.17, 15) is 19.1 Å². The van der Waals surface area contributed by atoms with E-state index in [0.717, 1.165) is 16.5 Å². The van der Waals surface area contributed by atoms with Gasteiger partial charge in [0, 0.05) is 35.5 Å². The van der Waals surface area contributed by atoms with Gasteiger partial charge in [-0.05, 0) is 53.6 Å². The Balaban J connectivity index is 1.50. The predicted octanol–water partition coefficient (Wildman–Crippen LogP) is 6.45. The zero-order valence-electron chi connectivity index (χ0n) is 23.6. The molecule has 2 aromatic heterocycles. The summed E-state index contributed by atoms with van der Waals surface area (Å²) in [5, 5.41) is 13.0. The van der Waals surface area contributed by atoms with Crippen molar-refractivity contribution in [3.8, 4) is 11.5 Å². The van der Waals surface area contributed by atoms with E-state index in [1.165, 1.54) is 23.8 Å². The van der Waals surface area contributed by atoms with Crippen molar-refractivity contribution in [2.45, 2.75) is 12.3 Å². The second-order valence-corrected chi connectivity index (χ2v) is 10.3. The monoisotopic (exact) mass is 576 g/mol. The van der Waals surface area contributed by atoms with E-state index in [1.54, 1.807) is 67.7 Å². The highest BCUT2D eigenvalue weighted by Gasteiger charge is 2.30. The molecule has 0 aliphatic rings. The number of nitrogens with zero attached hydrogens (tertiary/aromatic N) is 1. The van der Waals surface area contributed by atoms with Gasteiger partial charge >= 0.3 is 5.97 Å². The molecule has 0 amide bonds. The number of hydrogen-bond acceptors (Lipinski definition) is 5. The van der Waals surface area contributed by atoms with Crippen LogP contribution in [0.4, 0.5) is 4.39 Å². The number of pyridine rings is 1. The lowest BCUT2D eigenvalue weighted by molar-refractivity contribution is 0.0505. The second kappa shape index (κ2) is 11.5. The zero-order chi connectivity index (χ0) is 30.1. The lowest BCUT2D eigenvalue weighted by atomic mass is 9.85. The number of carbonyl (C=O) groups is 1. The fourth-order valence-corrected chi connectivity index (χ4v) is 5.80. The summed E-state index contributed by atoms with van der Waals surface area (Å²) in [4.78, 5) is 30.3. The fourth-order valence-electron chi connectivity index (χ4n) is 5.80. The molecule has 43 heavy (non-hydrogen) atoms. The van der Waals surface area contributed by atoms with Gasteiger partial charge in [0.2, 0.25) is 0 Å². The summed E-state index contributed by atoms with van der Waals surface area (Å²) in [6.07, 6.45) is 0.292. The minimum atomic E-state index is -0.855. The predicted molar refractivity (Wildman–Crippen MR) is 163 cm³/mol. The highest BCUT2D eigenvalue weighted by atomic mass is 19.1. The fraction of sp³-hybridized carbons (Fsp3) is 0.143. The van der Waals surface area contributed by atoms with Crippen molar-refractivity contribution in [2.75, 3.05) is 13.7 Å². The number of nitrogens with one attached hydrogen (secondary N) is 1. The molecule has 2 N–H and O–H groups in total. The van der Waals surface area contributed by atoms with Gasteiger partial charge in [0.15, 0.2) is 0 Å². The molecule has 0 saturated heterocycles. The van der Waals surface area contributed by atoms with Crippen molar-refractivity contribution in [1.29, 1.82) is 0 Å². The number of methoxy groups -OCH3 is 1. The molecule has 4 aromatic carbocycles. The van der Waals surface area contributed by atoms with Crippen molar-refractivity contribution in [1.82, 2.24) is 9.55 Å². The topological polar surface area (TPSA) is 93.6 Å². The molecule has 216 valence electrons. The molecule has 1 unspecified atom stereocenters. The summed E-state index contributed by atoms with van der Waals surface area (Å²) in [5.41, 5.74) is 3.26. The number of rotatable bonds is 8. The van der Waals surface area contributed by atoms with Crippen LogP contribution in [0.3, 0.4) is 0 Å². The molecule has 0 aliphatic heterocycles. The number of hydrogen-bond donors (Lipinski definition) is 2. The van der Waals surface area contributed by atoms with Crippen LogP contribution >= 0.6 is 0 Å². The normalized spacial score (nSPS) is 12.0. The molecule has 0 spiro atoms. The van der Waals surface area contributed by atoms with Gasteiger partial charge in [-0.3, -0.25) is 4.79 Å². The minimum Gasteiger partial charge on any atom is -0.507 e. The van der Waals surface area contributed by atoms with Crippen molar-refractivity contribution in [3.63, 3.8) is 0 Å². The van der Waals surface area contributed by atoms with Gasteiger partial charge in [-0.15, -0.1) is 0 Å². The molecular weight excluding hydrogens is 547 g/mol. The molecule has 6 rings (SSSR count). The molecule has 0 bridgehead atoms. The third-order valence-corrected chi connectivity index (χ3v) is 7.83. The molecule has 6 aromatic rings. The second-order valence-electron chi connectivity index (χ2n) is 10.3. The van der Waals surface area contributed by atoms with Crippen LogP contribution in [-0.2, 0) is 18.2 Å². The highest BCUT2D eigenvalue weighted by Crippen LogP contribution is 2.41. The zero-order valence-corrected chi connectivity index (χ0v) is 23.6. The van der Waals surface area contributed by atoms with Crippen LogP contribution in [0.1, 0.15) is 38.7 Å². The maximum Gasteiger partial charge on any atom is 0.341 e. The third kappa shape index (κ3) is 5.01. The largest absolute Gasteiger partial charge is 0.507 e. The number of aromatic amines is 1. The van der Waals surface area contributed by atoms with Crippen LogP contribution in [0, 0.1) is 5.82 Å². The summed E-state index contributed by atoms with van der Waals surface area (Å²) < 4.78 is 27.2. The van der Waals surface area contributed by atoms with E-state index in [1.807, 2.05) is 24.3 Å². The van der Waals surface area contributed by atoms with Gasteiger partial charge in [-0.2, -0.15) is 0 Å². The SMILES string of the molecule is COc1ccccc1C(=O)OCCc1c(C(c2cccc(F)c2)c2c(O)c3ccccc3n(C)c2=O)[nH]c2ccccc12. The number of aryl methyl sites for hydroxylation is 1. The average Bonchev–Trinajstić information content (AvgIpc) is 3.39. The van der Waals surface area contributed by atoms with Gasteiger partial charge in [0.1, 0.15) is 22.9 Å². The van der Waals surface area contributed by atoms with Gasteiger partial charge < -0.3 is 24.1 Å². The lowest BCUT2D eigenvalue weighted by Gasteiger charge is -2.22. The Labute approximate surface area is 246 Å². The first-order valence-corrected chi connectivity index (χ1v) is 13.8. The molecule has 8 heteroatoms. The molecule has 0 saturated carbocycles. The molecule has 0 aliphatic carbocycles. The van der Waals surface area contributed by atoms with Crippen LogP contribution in [0.5, 0.6) is 11.5 Å². The van der Waals surface area contributed by atoms with Crippen LogP contribution < -0.4 is 10.3 Å². The minimum absolute atomic E-state index is 0.0311. The summed E-state index contributed by atoms with van der Waals surface area (Å²) in [6.45, 7) is 0.0311. The quantitative estimate of drug-likeness (QED) is 0.203. The van der Waals surface area contributed by atoms with E-state index in [-0.39, 0.29) is 17.9 Å². The third-order valence-electron chi connectivity index (χ3n) is 7.83. The van der Waals surface area contributed by atoms with Crippen molar-refractivity contribution in [2.24, 2.45) is 7.05 Å². The maximum atomic E-state index is 14.7. The number of fused-ring (bicyclic) bond motifs is 2. The molecule has 0 radical (unpaired) electrons. The maximum absolute atomic E-state index is 14.7. The number of ether oxygens (including phenoxy) is 2. The standard InChI is InChI=1S/C35H29FN2O5/c1-38-28-16-7-4-13-25(28)33(39)31(34(38)40)30(21-10-9-11-22(36)20-21)32-24(23-12-3-6-15-27(23)37-32)18-19-43-35(41)26-14-5-8-17-29(26)42-2/h3-17,20,30,37,39H,18-19H2,1-2H3. The Kier molecular flexibility index (Phi) is 7.42. The molecule has 2 heterocycles. The van der Waals surface area contributed by atoms with Crippen LogP contribution in [0.25, 0.3) is 21.8 Å². The van der Waals surface area contributed by atoms with Crippen LogP contribution in [-0.4, -0.2) is 34.3 Å². The number of halogens is 1. The van der Waals surface area contributed by atoms with Crippen LogP contribution in [0.2, 0.25) is 0 Å². The average molecular weight is 577 g/mol. The first kappa shape index (κ1) is 27.8. The number of esters is 1. The van der Waals surface area contributed by atoms with Gasteiger partial charge in [-0.25, -0.2) is 9.18 Å². The van der Waals surface area contributed by atoms with E-state index >= 15 is 0 Å². The number of aromatic nitrogens is 2. The summed E-state index contributed by atoms with van der Waals surface area (Å²) >= 11 is 0. The molecule has 1 atom stereocenters. The Morgan fingerprint density at radius 1 is 0.953 bits per heavy atom. The van der Waals surface area contributed by atoms with Gasteiger partial charge in [0.05, 0.1) is 30.7 Å². The van der Waals surface area contributed by atoms with E-state index < -0.39 is 23.3 Å². The summed E-state index contributed by atoms with van der Waals surface area (Å²) in [6, 6.07) is 27.6. The first-order chi connectivity index (χ1) is 20.9. The van der Waals surface area contributed by atoms with Crippen molar-refractivity contribution >= 4 is 27.8 Å². The number of para-hydroxylation sites is 3. The Hall–Kier alpha value is -5.37. The number of carbonyl (C=O) groups excluding carboxylic acids is 1. The number of aromatic hydroxyl groups is 1. The molecular formula is C35H29FN2O5. The van der Waals surface area contributed by atoms with E-state index in [2.05, 4.69) is 4.98 Å². The highest BCUT2D eigenvalue weighted by molar-refractivity contribution is 5.92. The molecule has 7 nitrogen and oxygen atoms in total. The first-order valence-electron chi connectivity index (χ1n) is 13.8. The van der Waals surface area contributed by atoms with E-state index in [4.69, 9.17) is 9.47 Å². The van der Waals surface area contributed by atoms with Crippen molar-refractivity contribution in [3.05, 3.63) is 141 Å². The summed E-state index contributed by atoms with van der Waals surface area (Å²) in [7, 11) is 3.14. The van der Waals surface area contributed by atoms with Crippen LogP contribution in [0.15, 0.2) is 102 Å². The Bertz CT molecular complexity index is 2040. The Morgan fingerprint density at radius 3 is 2.47 bits per heavy atom. The van der Waals surface area contributed by atoms with Crippen molar-refractivity contribution < 1.29 is 23.8 Å². The van der Waals surface area contributed by atoms with E-state index in [0.29, 0.717) is 39.9 Å². The van der Waals surface area contributed by atoms with Gasteiger partial charge in [0.25, 0.3) is 5.56 Å². The molecule has 0 fully saturated rings. The number of benzene rings is 4. The van der Waals surface area contributed by atoms with Gasteiger partial charge in [-0.1, -0.05) is 54.6 Å². The lowest BCUT2D eigenvalue weighted by Crippen LogP contribution is -2.25.